The Bertz CT molecular complexity index is 1630. The highest BCUT2D eigenvalue weighted by atomic mass is 16.5. The first-order chi connectivity index (χ1) is 17.4. The van der Waals surface area contributed by atoms with E-state index in [2.05, 4.69) is 0 Å². The Morgan fingerprint density at radius 1 is 0.444 bits per heavy atom. The van der Waals surface area contributed by atoms with Gasteiger partial charge in [-0.05, 0) is 80.8 Å². The summed E-state index contributed by atoms with van der Waals surface area (Å²) in [5.41, 5.74) is 0. The van der Waals surface area contributed by atoms with Crippen molar-refractivity contribution in [2.75, 3.05) is 14.2 Å². The number of benzene rings is 6. The third-order valence-corrected chi connectivity index (χ3v) is 6.21. The van der Waals surface area contributed by atoms with Crippen molar-refractivity contribution in [3.8, 4) is 34.5 Å². The Balaban J connectivity index is 0.000000148. The van der Waals surface area contributed by atoms with Crippen LogP contribution in [0.15, 0.2) is 84.9 Å². The number of ether oxygens (including phenoxy) is 2. The number of hydrogen-bond acceptors (Lipinski definition) is 6. The second kappa shape index (κ2) is 9.07. The molecule has 6 rings (SSSR count). The number of phenolic OH excluding ortho intramolecular Hbond substituents is 4. The lowest BCUT2D eigenvalue weighted by atomic mass is 10.0. The fraction of sp³-hybridized carbons (Fsp3) is 0.0667. The van der Waals surface area contributed by atoms with E-state index in [1.165, 1.54) is 0 Å². The summed E-state index contributed by atoms with van der Waals surface area (Å²) >= 11 is 0. The Kier molecular flexibility index (Phi) is 5.78. The first kappa shape index (κ1) is 22.9. The van der Waals surface area contributed by atoms with Gasteiger partial charge in [-0.2, -0.15) is 0 Å². The van der Waals surface area contributed by atoms with Crippen LogP contribution in [0, 0.1) is 0 Å². The van der Waals surface area contributed by atoms with Gasteiger partial charge in [0.1, 0.15) is 34.5 Å². The lowest BCUT2D eigenvalue weighted by Gasteiger charge is -2.08. The minimum absolute atomic E-state index is 0.181. The van der Waals surface area contributed by atoms with Crippen molar-refractivity contribution in [2.24, 2.45) is 0 Å². The van der Waals surface area contributed by atoms with Crippen LogP contribution in [0.25, 0.3) is 43.1 Å². The maximum atomic E-state index is 10.1. The van der Waals surface area contributed by atoms with Gasteiger partial charge < -0.3 is 29.9 Å². The molecular weight excluding hydrogens is 456 g/mol. The zero-order valence-corrected chi connectivity index (χ0v) is 19.7. The van der Waals surface area contributed by atoms with Gasteiger partial charge in [0.2, 0.25) is 0 Å². The average Bonchev–Trinajstić information content (AvgIpc) is 2.88. The molecule has 0 aliphatic heterocycles. The molecule has 4 N–H and O–H groups in total. The Morgan fingerprint density at radius 2 is 0.833 bits per heavy atom. The minimum atomic E-state index is 0.181. The topological polar surface area (TPSA) is 99.4 Å². The number of methoxy groups -OCH3 is 2. The first-order valence-corrected chi connectivity index (χ1v) is 11.2. The summed E-state index contributed by atoms with van der Waals surface area (Å²) in [6.07, 6.45) is 0. The monoisotopic (exact) mass is 480 g/mol. The van der Waals surface area contributed by atoms with Gasteiger partial charge in [0.05, 0.1) is 14.2 Å². The summed E-state index contributed by atoms with van der Waals surface area (Å²) in [6, 6.07) is 24.8. The van der Waals surface area contributed by atoms with Crippen LogP contribution < -0.4 is 9.47 Å². The maximum absolute atomic E-state index is 10.1. The molecule has 0 amide bonds. The molecule has 0 saturated heterocycles. The summed E-state index contributed by atoms with van der Waals surface area (Å²) in [6.45, 7) is 0. The predicted molar refractivity (Wildman–Crippen MR) is 143 cm³/mol. The molecule has 6 heteroatoms. The fourth-order valence-electron chi connectivity index (χ4n) is 4.52. The van der Waals surface area contributed by atoms with Gasteiger partial charge in [0.15, 0.2) is 0 Å². The molecular formula is C30H24O6. The van der Waals surface area contributed by atoms with Crippen molar-refractivity contribution in [2.45, 2.75) is 0 Å². The van der Waals surface area contributed by atoms with E-state index < -0.39 is 0 Å². The van der Waals surface area contributed by atoms with E-state index in [1.807, 2.05) is 36.4 Å². The molecule has 0 bridgehead atoms. The largest absolute Gasteiger partial charge is 0.508 e. The molecule has 36 heavy (non-hydrogen) atoms. The predicted octanol–water partition coefficient (Wildman–Crippen LogP) is 6.83. The van der Waals surface area contributed by atoms with Crippen LogP contribution in [0.3, 0.4) is 0 Å². The highest BCUT2D eigenvalue weighted by Gasteiger charge is 2.09. The molecule has 0 fully saturated rings. The fourth-order valence-corrected chi connectivity index (χ4v) is 4.52. The molecule has 0 aliphatic rings. The van der Waals surface area contributed by atoms with Crippen LogP contribution in [0.4, 0.5) is 0 Å². The zero-order valence-electron chi connectivity index (χ0n) is 19.7. The molecule has 0 heterocycles. The Morgan fingerprint density at radius 3 is 1.22 bits per heavy atom. The summed E-state index contributed by atoms with van der Waals surface area (Å²) in [7, 11) is 3.14. The van der Waals surface area contributed by atoms with E-state index in [1.54, 1.807) is 62.8 Å². The first-order valence-electron chi connectivity index (χ1n) is 11.2. The van der Waals surface area contributed by atoms with Crippen LogP contribution in [-0.4, -0.2) is 34.6 Å². The number of rotatable bonds is 2. The molecule has 0 unspecified atom stereocenters. The SMILES string of the molecule is COc1cc(O)c2c(ccc3cc(O)ccc32)c1.COc1cc(O)c2c(ccc3cc(O)ccc32)c1. The van der Waals surface area contributed by atoms with E-state index in [0.717, 1.165) is 43.1 Å². The number of fused-ring (bicyclic) bond motifs is 6. The number of aromatic hydroxyl groups is 4. The van der Waals surface area contributed by atoms with Crippen molar-refractivity contribution in [1.29, 1.82) is 0 Å². The van der Waals surface area contributed by atoms with Gasteiger partial charge in [0, 0.05) is 22.9 Å². The lowest BCUT2D eigenvalue weighted by Crippen LogP contribution is -1.84. The number of phenols is 4. The molecule has 6 nitrogen and oxygen atoms in total. The third-order valence-electron chi connectivity index (χ3n) is 6.21. The van der Waals surface area contributed by atoms with Crippen molar-refractivity contribution < 1.29 is 29.9 Å². The smallest absolute Gasteiger partial charge is 0.127 e. The Hall–Kier alpha value is -4.84. The van der Waals surface area contributed by atoms with Gasteiger partial charge in [-0.3, -0.25) is 0 Å². The molecule has 0 radical (unpaired) electrons. The van der Waals surface area contributed by atoms with Crippen LogP contribution in [0.1, 0.15) is 0 Å². The molecule has 0 aromatic heterocycles. The molecule has 0 atom stereocenters. The van der Waals surface area contributed by atoms with E-state index in [9.17, 15) is 20.4 Å². The van der Waals surface area contributed by atoms with Crippen molar-refractivity contribution in [3.63, 3.8) is 0 Å². The minimum Gasteiger partial charge on any atom is -0.508 e. The molecule has 180 valence electrons. The van der Waals surface area contributed by atoms with Gasteiger partial charge >= 0.3 is 0 Å². The molecule has 0 aliphatic carbocycles. The van der Waals surface area contributed by atoms with E-state index in [0.29, 0.717) is 11.5 Å². The quantitative estimate of drug-likeness (QED) is 0.203. The van der Waals surface area contributed by atoms with Crippen LogP contribution in [0.2, 0.25) is 0 Å². The van der Waals surface area contributed by atoms with Gasteiger partial charge in [0.25, 0.3) is 0 Å². The molecule has 0 spiro atoms. The van der Waals surface area contributed by atoms with Gasteiger partial charge in [-0.15, -0.1) is 0 Å². The zero-order chi connectivity index (χ0) is 25.4. The van der Waals surface area contributed by atoms with Crippen molar-refractivity contribution in [1.82, 2.24) is 0 Å². The molecule has 0 saturated carbocycles. The van der Waals surface area contributed by atoms with Crippen LogP contribution >= 0.6 is 0 Å². The number of hydrogen-bond donors (Lipinski definition) is 4. The second-order valence-corrected chi connectivity index (χ2v) is 8.43. The summed E-state index contributed by atoms with van der Waals surface area (Å²) in [5.74, 6) is 2.04. The molecule has 6 aromatic carbocycles. The van der Waals surface area contributed by atoms with Crippen molar-refractivity contribution in [3.05, 3.63) is 84.9 Å². The highest BCUT2D eigenvalue weighted by molar-refractivity contribution is 6.12. The highest BCUT2D eigenvalue weighted by Crippen LogP contribution is 2.38. The maximum Gasteiger partial charge on any atom is 0.127 e. The Labute approximate surface area is 206 Å². The van der Waals surface area contributed by atoms with Crippen LogP contribution in [-0.2, 0) is 0 Å². The van der Waals surface area contributed by atoms with Crippen molar-refractivity contribution >= 4 is 43.1 Å². The van der Waals surface area contributed by atoms with Gasteiger partial charge in [-0.25, -0.2) is 0 Å². The van der Waals surface area contributed by atoms with E-state index in [4.69, 9.17) is 9.47 Å². The average molecular weight is 481 g/mol. The summed E-state index contributed by atoms with van der Waals surface area (Å²) in [4.78, 5) is 0. The molecule has 6 aromatic rings. The second-order valence-electron chi connectivity index (χ2n) is 8.43. The standard InChI is InChI=1S/2C15H12O3/c2*1-18-12-7-10-3-2-9-6-11(16)4-5-13(9)15(10)14(17)8-12/h2*2-8,16-17H,1H3. The van der Waals surface area contributed by atoms with E-state index >= 15 is 0 Å². The summed E-state index contributed by atoms with van der Waals surface area (Å²) < 4.78 is 10.3. The van der Waals surface area contributed by atoms with Crippen LogP contribution in [0.5, 0.6) is 34.5 Å². The van der Waals surface area contributed by atoms with Gasteiger partial charge in [-0.1, -0.05) is 24.3 Å². The third kappa shape index (κ3) is 4.09. The normalized spacial score (nSPS) is 10.9. The summed E-state index contributed by atoms with van der Waals surface area (Å²) in [5, 5.41) is 46.1. The lowest BCUT2D eigenvalue weighted by molar-refractivity contribution is 0.409. The van der Waals surface area contributed by atoms with E-state index in [-0.39, 0.29) is 23.0 Å².